The van der Waals surface area contributed by atoms with Crippen LogP contribution in [0.15, 0.2) is 4.99 Å². The van der Waals surface area contributed by atoms with Crippen molar-refractivity contribution in [2.75, 3.05) is 27.3 Å². The Kier molecular flexibility index (Phi) is 8.26. The summed E-state index contributed by atoms with van der Waals surface area (Å²) < 4.78 is 9.05. The Morgan fingerprint density at radius 3 is 2.53 bits per heavy atom. The number of nitrogens with zero attached hydrogens (tertiary/aromatic N) is 1. The van der Waals surface area contributed by atoms with Gasteiger partial charge >= 0.3 is 11.9 Å². The Labute approximate surface area is 99.2 Å². The molecule has 1 amide bonds. The molecule has 0 saturated carbocycles. The lowest BCUT2D eigenvalue weighted by Gasteiger charge is -2.04. The molecule has 0 spiro atoms. The molecule has 0 rings (SSSR count). The maximum absolute atomic E-state index is 11.1. The number of esters is 2. The van der Waals surface area contributed by atoms with E-state index in [1.165, 1.54) is 13.3 Å². The van der Waals surface area contributed by atoms with Gasteiger partial charge in [-0.05, 0) is 0 Å². The summed E-state index contributed by atoms with van der Waals surface area (Å²) in [4.78, 5) is 36.5. The molecule has 96 valence electrons. The molecule has 1 N–H and O–H groups in total. The van der Waals surface area contributed by atoms with Crippen molar-refractivity contribution in [2.24, 2.45) is 4.99 Å². The number of rotatable bonds is 7. The van der Waals surface area contributed by atoms with Crippen molar-refractivity contribution in [3.63, 3.8) is 0 Å². The predicted molar refractivity (Wildman–Crippen MR) is 59.6 cm³/mol. The zero-order chi connectivity index (χ0) is 13.1. The summed E-state index contributed by atoms with van der Waals surface area (Å²) in [6.07, 6.45) is 1.40. The van der Waals surface area contributed by atoms with E-state index in [1.807, 2.05) is 0 Å². The summed E-state index contributed by atoms with van der Waals surface area (Å²) in [7, 11) is 2.80. The zero-order valence-electron chi connectivity index (χ0n) is 9.89. The fraction of sp³-hybridized carbons (Fsp3) is 0.600. The first-order valence-electron chi connectivity index (χ1n) is 5.00. The average Bonchev–Trinajstić information content (AvgIpc) is 2.33. The van der Waals surface area contributed by atoms with Crippen LogP contribution in [0.4, 0.5) is 0 Å². The summed E-state index contributed by atoms with van der Waals surface area (Å²) in [6.45, 7) is -0.148. The molecule has 0 aliphatic heterocycles. The lowest BCUT2D eigenvalue weighted by molar-refractivity contribution is -0.143. The van der Waals surface area contributed by atoms with E-state index in [-0.39, 0.29) is 26.0 Å². The molecule has 0 aliphatic carbocycles. The second-order valence-electron chi connectivity index (χ2n) is 2.98. The van der Waals surface area contributed by atoms with Gasteiger partial charge in [-0.1, -0.05) is 0 Å². The Morgan fingerprint density at radius 1 is 1.24 bits per heavy atom. The molecule has 0 radical (unpaired) electrons. The van der Waals surface area contributed by atoms with E-state index in [2.05, 4.69) is 19.8 Å². The summed E-state index contributed by atoms with van der Waals surface area (Å²) in [5.41, 5.74) is 0. The van der Waals surface area contributed by atoms with Gasteiger partial charge in [-0.2, -0.15) is 0 Å². The SMILES string of the molecule is CN=CCOC(=O)CNC(=O)CCC(=O)OC. The number of carbonyl (C=O) groups excluding carboxylic acids is 3. The summed E-state index contributed by atoms with van der Waals surface area (Å²) in [5.74, 6) is -1.44. The van der Waals surface area contributed by atoms with E-state index >= 15 is 0 Å². The fourth-order valence-electron chi connectivity index (χ4n) is 0.833. The average molecular weight is 244 g/mol. The van der Waals surface area contributed by atoms with Crippen molar-refractivity contribution < 1.29 is 23.9 Å². The highest BCUT2D eigenvalue weighted by Gasteiger charge is 2.08. The molecule has 0 aliphatic rings. The number of nitrogens with one attached hydrogen (secondary N) is 1. The van der Waals surface area contributed by atoms with Gasteiger partial charge in [-0.15, -0.1) is 0 Å². The molecule has 0 aromatic carbocycles. The molecule has 0 heterocycles. The van der Waals surface area contributed by atoms with Crippen molar-refractivity contribution in [1.82, 2.24) is 5.32 Å². The minimum atomic E-state index is -0.559. The van der Waals surface area contributed by atoms with Crippen molar-refractivity contribution in [1.29, 1.82) is 0 Å². The first kappa shape index (κ1) is 15.1. The van der Waals surface area contributed by atoms with Crippen LogP contribution in [-0.2, 0) is 23.9 Å². The van der Waals surface area contributed by atoms with Crippen LogP contribution in [0.5, 0.6) is 0 Å². The molecular formula is C10H16N2O5. The highest BCUT2D eigenvalue weighted by atomic mass is 16.5. The van der Waals surface area contributed by atoms with E-state index in [0.29, 0.717) is 0 Å². The monoisotopic (exact) mass is 244 g/mol. The largest absolute Gasteiger partial charge is 0.469 e. The molecule has 0 fully saturated rings. The minimum Gasteiger partial charge on any atom is -0.469 e. The van der Waals surface area contributed by atoms with Gasteiger partial charge in [-0.3, -0.25) is 19.4 Å². The maximum Gasteiger partial charge on any atom is 0.325 e. The van der Waals surface area contributed by atoms with Crippen LogP contribution in [0.3, 0.4) is 0 Å². The third-order valence-electron chi connectivity index (χ3n) is 1.72. The van der Waals surface area contributed by atoms with Crippen LogP contribution < -0.4 is 5.32 Å². The topological polar surface area (TPSA) is 94.1 Å². The number of aliphatic imine (C=N–C) groups is 1. The number of methoxy groups -OCH3 is 1. The molecule has 17 heavy (non-hydrogen) atoms. The lowest BCUT2D eigenvalue weighted by Crippen LogP contribution is -2.31. The van der Waals surface area contributed by atoms with Crippen LogP contribution in [0.25, 0.3) is 0 Å². The van der Waals surface area contributed by atoms with Crippen LogP contribution in [0.1, 0.15) is 12.8 Å². The molecule has 0 aromatic rings. The second-order valence-corrected chi connectivity index (χ2v) is 2.98. The minimum absolute atomic E-state index is 0.0140. The highest BCUT2D eigenvalue weighted by Crippen LogP contribution is 1.91. The van der Waals surface area contributed by atoms with Crippen LogP contribution in [-0.4, -0.2) is 51.4 Å². The summed E-state index contributed by atoms with van der Waals surface area (Å²) >= 11 is 0. The Hall–Kier alpha value is -1.92. The van der Waals surface area contributed by atoms with Gasteiger partial charge < -0.3 is 14.8 Å². The molecular weight excluding hydrogens is 228 g/mol. The molecule has 7 nitrogen and oxygen atoms in total. The van der Waals surface area contributed by atoms with E-state index in [4.69, 9.17) is 0 Å². The molecule has 0 bridgehead atoms. The Bertz CT molecular complexity index is 301. The van der Waals surface area contributed by atoms with E-state index in [9.17, 15) is 14.4 Å². The number of hydrogen-bond acceptors (Lipinski definition) is 6. The standard InChI is InChI=1S/C10H16N2O5/c1-11-5-6-17-10(15)7-12-8(13)3-4-9(14)16-2/h5H,3-4,6-7H2,1-2H3,(H,12,13). The van der Waals surface area contributed by atoms with Crippen LogP contribution >= 0.6 is 0 Å². The first-order valence-corrected chi connectivity index (χ1v) is 5.00. The summed E-state index contributed by atoms with van der Waals surface area (Å²) in [6, 6.07) is 0. The quantitative estimate of drug-likeness (QED) is 0.472. The van der Waals surface area contributed by atoms with Gasteiger partial charge in [0.05, 0.1) is 13.5 Å². The van der Waals surface area contributed by atoms with E-state index < -0.39 is 17.8 Å². The van der Waals surface area contributed by atoms with Crippen molar-refractivity contribution in [3.05, 3.63) is 0 Å². The first-order chi connectivity index (χ1) is 8.10. The normalized spacial score (nSPS) is 10.0. The van der Waals surface area contributed by atoms with E-state index in [1.54, 1.807) is 7.05 Å². The van der Waals surface area contributed by atoms with Gasteiger partial charge in [-0.25, -0.2) is 0 Å². The Balaban J connectivity index is 3.62. The van der Waals surface area contributed by atoms with Gasteiger partial charge in [0, 0.05) is 19.7 Å². The number of hydrogen-bond donors (Lipinski definition) is 1. The number of ether oxygens (including phenoxy) is 2. The second kappa shape index (κ2) is 9.32. The molecule has 7 heteroatoms. The number of amides is 1. The predicted octanol–water partition coefficient (Wildman–Crippen LogP) is -0.700. The summed E-state index contributed by atoms with van der Waals surface area (Å²) in [5, 5.41) is 2.32. The third kappa shape index (κ3) is 9.04. The third-order valence-corrected chi connectivity index (χ3v) is 1.72. The Morgan fingerprint density at radius 2 is 1.94 bits per heavy atom. The van der Waals surface area contributed by atoms with Crippen molar-refractivity contribution in [2.45, 2.75) is 12.8 Å². The molecule has 0 atom stereocenters. The van der Waals surface area contributed by atoms with Gasteiger partial charge in [0.1, 0.15) is 13.2 Å². The zero-order valence-corrected chi connectivity index (χ0v) is 9.89. The van der Waals surface area contributed by atoms with Gasteiger partial charge in [0.25, 0.3) is 0 Å². The molecule has 0 saturated heterocycles. The van der Waals surface area contributed by atoms with Crippen LogP contribution in [0.2, 0.25) is 0 Å². The van der Waals surface area contributed by atoms with Crippen molar-refractivity contribution >= 4 is 24.1 Å². The fourth-order valence-corrected chi connectivity index (χ4v) is 0.833. The number of carbonyl (C=O) groups is 3. The van der Waals surface area contributed by atoms with Crippen molar-refractivity contribution in [3.8, 4) is 0 Å². The lowest BCUT2D eigenvalue weighted by atomic mass is 10.3. The van der Waals surface area contributed by atoms with Gasteiger partial charge in [0.2, 0.25) is 5.91 Å². The maximum atomic E-state index is 11.1. The molecule has 0 aromatic heterocycles. The van der Waals surface area contributed by atoms with Crippen LogP contribution in [0, 0.1) is 0 Å². The van der Waals surface area contributed by atoms with E-state index in [0.717, 1.165) is 0 Å². The van der Waals surface area contributed by atoms with Gasteiger partial charge in [0.15, 0.2) is 0 Å². The molecule has 0 unspecified atom stereocenters. The highest BCUT2D eigenvalue weighted by molar-refractivity contribution is 5.84. The smallest absolute Gasteiger partial charge is 0.325 e.